The summed E-state index contributed by atoms with van der Waals surface area (Å²) in [4.78, 5) is 4.64. The lowest BCUT2D eigenvalue weighted by Gasteiger charge is -2.05. The van der Waals surface area contributed by atoms with Crippen LogP contribution in [-0.4, -0.2) is 12.8 Å². The maximum Gasteiger partial charge on any atom is 0.119 e. The van der Waals surface area contributed by atoms with E-state index in [2.05, 4.69) is 30.1 Å². The molecule has 0 unspecified atom stereocenters. The summed E-state index contributed by atoms with van der Waals surface area (Å²) in [5, 5.41) is 2.38. The van der Waals surface area contributed by atoms with Gasteiger partial charge in [-0.1, -0.05) is 49.7 Å². The molecule has 116 valence electrons. The predicted molar refractivity (Wildman–Crippen MR) is 98.0 cm³/mol. The second kappa shape index (κ2) is 7.59. The van der Waals surface area contributed by atoms with Crippen LogP contribution in [0.2, 0.25) is 0 Å². The van der Waals surface area contributed by atoms with Gasteiger partial charge in [-0.3, -0.25) is 4.99 Å². The molecule has 3 rings (SSSR count). The zero-order chi connectivity index (χ0) is 15.9. The summed E-state index contributed by atoms with van der Waals surface area (Å²) in [6, 6.07) is 22.6. The van der Waals surface area contributed by atoms with E-state index in [1.165, 1.54) is 10.8 Å². The third-order valence-corrected chi connectivity index (χ3v) is 3.77. The average molecular weight is 303 g/mol. The Bertz CT molecular complexity index is 785. The van der Waals surface area contributed by atoms with E-state index in [1.54, 1.807) is 0 Å². The first-order valence-electron chi connectivity index (χ1n) is 8.11. The van der Waals surface area contributed by atoms with Crippen LogP contribution in [0.15, 0.2) is 71.7 Å². The summed E-state index contributed by atoms with van der Waals surface area (Å²) in [5.74, 6) is 0.917. The summed E-state index contributed by atoms with van der Waals surface area (Å²) in [6.45, 7) is 2.94. The van der Waals surface area contributed by atoms with Crippen LogP contribution < -0.4 is 4.74 Å². The Kier molecular flexibility index (Phi) is 5.05. The quantitative estimate of drug-likeness (QED) is 0.418. The van der Waals surface area contributed by atoms with Gasteiger partial charge >= 0.3 is 0 Å². The molecule has 0 amide bonds. The van der Waals surface area contributed by atoms with E-state index < -0.39 is 0 Å². The molecule has 0 aliphatic heterocycles. The highest BCUT2D eigenvalue weighted by molar-refractivity contribution is 5.95. The lowest BCUT2D eigenvalue weighted by Crippen LogP contribution is -1.96. The van der Waals surface area contributed by atoms with E-state index in [1.807, 2.05) is 54.7 Å². The minimum Gasteiger partial charge on any atom is -0.494 e. The second-order valence-corrected chi connectivity index (χ2v) is 5.53. The summed E-state index contributed by atoms with van der Waals surface area (Å²) in [6.07, 6.45) is 4.14. The number of ether oxygens (including phenoxy) is 1. The van der Waals surface area contributed by atoms with Gasteiger partial charge in [0.25, 0.3) is 0 Å². The number of hydrogen-bond donors (Lipinski definition) is 0. The minimum absolute atomic E-state index is 0.778. The maximum absolute atomic E-state index is 5.68. The number of rotatable bonds is 6. The van der Waals surface area contributed by atoms with Crippen LogP contribution in [-0.2, 0) is 0 Å². The highest BCUT2D eigenvalue weighted by Crippen LogP contribution is 2.25. The fraction of sp³-hybridized carbons (Fsp3) is 0.190. The fourth-order valence-corrected chi connectivity index (χ4v) is 2.45. The number of unbranched alkanes of at least 4 members (excludes halogenated alkanes) is 1. The van der Waals surface area contributed by atoms with Crippen molar-refractivity contribution in [1.82, 2.24) is 0 Å². The second-order valence-electron chi connectivity index (χ2n) is 5.53. The largest absolute Gasteiger partial charge is 0.494 e. The Hall–Kier alpha value is -2.61. The molecule has 0 fully saturated rings. The summed E-state index contributed by atoms with van der Waals surface area (Å²) >= 11 is 0. The first kappa shape index (κ1) is 15.3. The zero-order valence-electron chi connectivity index (χ0n) is 13.4. The van der Waals surface area contributed by atoms with Crippen molar-refractivity contribution >= 4 is 22.7 Å². The van der Waals surface area contributed by atoms with E-state index in [4.69, 9.17) is 4.74 Å². The summed E-state index contributed by atoms with van der Waals surface area (Å²) < 4.78 is 5.68. The van der Waals surface area contributed by atoms with Gasteiger partial charge in [-0.25, -0.2) is 0 Å². The van der Waals surface area contributed by atoms with E-state index >= 15 is 0 Å². The van der Waals surface area contributed by atoms with Crippen LogP contribution >= 0.6 is 0 Å². The molecule has 0 radical (unpaired) electrons. The van der Waals surface area contributed by atoms with Gasteiger partial charge in [-0.2, -0.15) is 0 Å². The van der Waals surface area contributed by atoms with Crippen molar-refractivity contribution in [3.63, 3.8) is 0 Å². The highest BCUT2D eigenvalue weighted by atomic mass is 16.5. The van der Waals surface area contributed by atoms with E-state index in [0.717, 1.165) is 36.4 Å². The lowest BCUT2D eigenvalue weighted by molar-refractivity contribution is 0.309. The molecule has 2 nitrogen and oxygen atoms in total. The highest BCUT2D eigenvalue weighted by Gasteiger charge is 1.98. The fourth-order valence-electron chi connectivity index (χ4n) is 2.45. The topological polar surface area (TPSA) is 21.6 Å². The molecule has 0 N–H and O–H groups in total. The lowest BCUT2D eigenvalue weighted by atomic mass is 10.1. The van der Waals surface area contributed by atoms with Gasteiger partial charge in [-0.15, -0.1) is 0 Å². The molecule has 23 heavy (non-hydrogen) atoms. The van der Waals surface area contributed by atoms with Crippen molar-refractivity contribution in [2.24, 2.45) is 4.99 Å². The molecule has 3 aromatic rings. The molecule has 0 saturated heterocycles. The van der Waals surface area contributed by atoms with Crippen molar-refractivity contribution in [3.8, 4) is 5.75 Å². The molecule has 3 aromatic carbocycles. The molecule has 0 aliphatic rings. The van der Waals surface area contributed by atoms with Crippen LogP contribution in [0.4, 0.5) is 5.69 Å². The van der Waals surface area contributed by atoms with Gasteiger partial charge in [0, 0.05) is 11.6 Å². The van der Waals surface area contributed by atoms with Gasteiger partial charge in [-0.05, 0) is 47.7 Å². The van der Waals surface area contributed by atoms with E-state index in [9.17, 15) is 0 Å². The first-order chi connectivity index (χ1) is 11.4. The standard InChI is InChI=1S/C21H21NO/c1-2-3-15-23-19-13-11-17(12-14-19)16-22-21-10-6-8-18-7-4-5-9-20(18)21/h4-14,16H,2-3,15H2,1H3. The normalized spacial score (nSPS) is 11.2. The smallest absolute Gasteiger partial charge is 0.119 e. The van der Waals surface area contributed by atoms with Crippen LogP contribution in [0.25, 0.3) is 10.8 Å². The number of hydrogen-bond acceptors (Lipinski definition) is 2. The molecule has 0 heterocycles. The Labute approximate surface area is 137 Å². The monoisotopic (exact) mass is 303 g/mol. The molecule has 0 aliphatic carbocycles. The number of aliphatic imine (C=N–C) groups is 1. The maximum atomic E-state index is 5.68. The SMILES string of the molecule is CCCCOc1ccc(C=Nc2cccc3ccccc23)cc1. The van der Waals surface area contributed by atoms with Crippen molar-refractivity contribution in [2.75, 3.05) is 6.61 Å². The Balaban J connectivity index is 1.74. The molecule has 0 spiro atoms. The molecule has 2 heteroatoms. The van der Waals surface area contributed by atoms with Crippen LogP contribution in [0.5, 0.6) is 5.75 Å². The van der Waals surface area contributed by atoms with Gasteiger partial charge in [0.1, 0.15) is 5.75 Å². The van der Waals surface area contributed by atoms with Gasteiger partial charge in [0.05, 0.1) is 12.3 Å². The minimum atomic E-state index is 0.778. The van der Waals surface area contributed by atoms with Gasteiger partial charge < -0.3 is 4.74 Å². The van der Waals surface area contributed by atoms with Crippen molar-refractivity contribution in [1.29, 1.82) is 0 Å². The van der Waals surface area contributed by atoms with E-state index in [0.29, 0.717) is 0 Å². The number of nitrogens with zero attached hydrogens (tertiary/aromatic N) is 1. The first-order valence-corrected chi connectivity index (χ1v) is 8.11. The molecular weight excluding hydrogens is 282 g/mol. The molecular formula is C21H21NO. The average Bonchev–Trinajstić information content (AvgIpc) is 2.61. The summed E-state index contributed by atoms with van der Waals surface area (Å²) in [5.41, 5.74) is 2.06. The molecule has 0 saturated carbocycles. The van der Waals surface area contributed by atoms with Crippen molar-refractivity contribution < 1.29 is 4.74 Å². The Morgan fingerprint density at radius 2 is 1.70 bits per heavy atom. The van der Waals surface area contributed by atoms with Crippen molar-refractivity contribution in [3.05, 3.63) is 72.3 Å². The van der Waals surface area contributed by atoms with Crippen LogP contribution in [0.3, 0.4) is 0 Å². The molecule has 0 aromatic heterocycles. The molecule has 0 bridgehead atoms. The van der Waals surface area contributed by atoms with Crippen molar-refractivity contribution in [2.45, 2.75) is 19.8 Å². The number of fused-ring (bicyclic) bond motifs is 1. The van der Waals surface area contributed by atoms with Gasteiger partial charge in [0.15, 0.2) is 0 Å². The molecule has 0 atom stereocenters. The Morgan fingerprint density at radius 3 is 2.52 bits per heavy atom. The van der Waals surface area contributed by atoms with Gasteiger partial charge in [0.2, 0.25) is 0 Å². The third kappa shape index (κ3) is 3.98. The number of benzene rings is 3. The van der Waals surface area contributed by atoms with E-state index in [-0.39, 0.29) is 0 Å². The zero-order valence-corrected chi connectivity index (χ0v) is 13.4. The van der Waals surface area contributed by atoms with Crippen LogP contribution in [0.1, 0.15) is 25.3 Å². The predicted octanol–water partition coefficient (Wildman–Crippen LogP) is 5.77. The summed E-state index contributed by atoms with van der Waals surface area (Å²) in [7, 11) is 0. The van der Waals surface area contributed by atoms with Crippen LogP contribution in [0, 0.1) is 0 Å². The Morgan fingerprint density at radius 1 is 0.913 bits per heavy atom. The third-order valence-electron chi connectivity index (χ3n) is 3.77.